The fourth-order valence-electron chi connectivity index (χ4n) is 5.05. The summed E-state index contributed by atoms with van der Waals surface area (Å²) in [6.07, 6.45) is 0. The first-order valence-electron chi connectivity index (χ1n) is 12.5. The molecule has 38 heavy (non-hydrogen) atoms. The Bertz CT molecular complexity index is 1740. The Hall–Kier alpha value is -4.01. The Morgan fingerprint density at radius 1 is 0.579 bits per heavy atom. The van der Waals surface area contributed by atoms with E-state index in [0.717, 1.165) is 56.3 Å². The van der Waals surface area contributed by atoms with E-state index in [1.807, 2.05) is 6.07 Å². The minimum Gasteiger partial charge on any atom is -0.343 e. The van der Waals surface area contributed by atoms with E-state index < -0.39 is 0 Å². The van der Waals surface area contributed by atoms with Crippen LogP contribution in [0, 0.1) is 6.92 Å². The molecule has 0 aliphatic heterocycles. The molecule has 0 atom stereocenters. The van der Waals surface area contributed by atoms with Gasteiger partial charge in [-0.05, 0) is 55.0 Å². The topological polar surface area (TPSA) is 34.0 Å². The number of aryl methyl sites for hydroxylation is 2. The van der Waals surface area contributed by atoms with E-state index in [1.54, 1.807) is 0 Å². The molecule has 2 aromatic heterocycles. The molecule has 0 fully saturated rings. The number of imidazole rings is 1. The molecular weight excluding hydrogens is 647 g/mol. The Morgan fingerprint density at radius 3 is 1.84 bits per heavy atom. The zero-order chi connectivity index (χ0) is 25.4. The van der Waals surface area contributed by atoms with Crippen molar-refractivity contribution in [2.24, 2.45) is 7.05 Å². The van der Waals surface area contributed by atoms with Crippen LogP contribution < -0.4 is 4.90 Å². The maximum atomic E-state index is 5.09. The number of rotatable bonds is 5. The van der Waals surface area contributed by atoms with Gasteiger partial charge in [-0.15, -0.1) is 0 Å². The van der Waals surface area contributed by atoms with Crippen molar-refractivity contribution in [2.45, 2.75) is 6.92 Å². The first-order valence-corrected chi connectivity index (χ1v) is 12.5. The van der Waals surface area contributed by atoms with Crippen LogP contribution in [0.3, 0.4) is 0 Å². The summed E-state index contributed by atoms with van der Waals surface area (Å²) in [6, 6.07) is 39.8. The summed E-state index contributed by atoms with van der Waals surface area (Å²) < 4.78 is 2.17. The molecule has 0 saturated carbocycles. The largest absolute Gasteiger partial charge is 0.343 e. The number of fused-ring (bicyclic) bond motifs is 1. The van der Waals surface area contributed by atoms with Crippen LogP contribution in [0.4, 0.5) is 11.4 Å². The molecule has 5 heteroatoms. The summed E-state index contributed by atoms with van der Waals surface area (Å²) >= 11 is 0. The summed E-state index contributed by atoms with van der Waals surface area (Å²) in [6.45, 7) is 2.13. The minimum atomic E-state index is 0. The van der Waals surface area contributed by atoms with E-state index in [0.29, 0.717) is 0 Å². The van der Waals surface area contributed by atoms with Crippen molar-refractivity contribution in [3.63, 3.8) is 0 Å². The molecular formula is C33H28N4Pt. The van der Waals surface area contributed by atoms with Crippen LogP contribution >= 0.6 is 0 Å². The number of para-hydroxylation sites is 4. The third kappa shape index (κ3) is 4.57. The van der Waals surface area contributed by atoms with Crippen molar-refractivity contribution in [1.29, 1.82) is 0 Å². The number of aromatic nitrogens is 3. The van der Waals surface area contributed by atoms with Gasteiger partial charge in [0.25, 0.3) is 0 Å². The zero-order valence-electron chi connectivity index (χ0n) is 21.6. The van der Waals surface area contributed by atoms with Crippen LogP contribution in [0.2, 0.25) is 0 Å². The van der Waals surface area contributed by atoms with Crippen molar-refractivity contribution in [3.05, 3.63) is 121 Å². The number of anilines is 2. The molecule has 6 rings (SSSR count). The van der Waals surface area contributed by atoms with E-state index in [1.165, 1.54) is 5.56 Å². The van der Waals surface area contributed by atoms with Crippen LogP contribution in [-0.4, -0.2) is 21.6 Å². The first kappa shape index (κ1) is 25.6. The normalized spacial score (nSPS) is 10.8. The van der Waals surface area contributed by atoms with Gasteiger partial charge in [-0.1, -0.05) is 72.8 Å². The average Bonchev–Trinajstić information content (AvgIpc) is 3.29. The predicted molar refractivity (Wildman–Crippen MR) is 154 cm³/mol. The fraction of sp³-hybridized carbons (Fsp3) is 0.0909. The van der Waals surface area contributed by atoms with E-state index >= 15 is 0 Å². The molecule has 4 nitrogen and oxygen atoms in total. The summed E-state index contributed by atoms with van der Waals surface area (Å²) in [5.74, 6) is 0.945. The molecule has 0 aliphatic rings. The van der Waals surface area contributed by atoms with Crippen molar-refractivity contribution >= 4 is 22.4 Å². The van der Waals surface area contributed by atoms with Gasteiger partial charge in [-0.2, -0.15) is 0 Å². The summed E-state index contributed by atoms with van der Waals surface area (Å²) in [4.78, 5) is 12.3. The average molecular weight is 676 g/mol. The number of hydrogen-bond acceptors (Lipinski definition) is 3. The molecule has 0 unspecified atom stereocenters. The van der Waals surface area contributed by atoms with Gasteiger partial charge in [0, 0.05) is 51.9 Å². The van der Waals surface area contributed by atoms with E-state index in [9.17, 15) is 0 Å². The SMILES string of the molecule is Cc1ccccc1-c1cccc(-c2ccccc2N(C)c2ccccc2-c2nc3ccccc3n2C)n1.[Pt]. The van der Waals surface area contributed by atoms with Gasteiger partial charge in [0.05, 0.1) is 33.8 Å². The third-order valence-electron chi connectivity index (χ3n) is 7.00. The molecule has 6 aromatic rings. The number of benzene rings is 4. The van der Waals surface area contributed by atoms with Crippen LogP contribution in [0.1, 0.15) is 5.56 Å². The Kier molecular flexibility index (Phi) is 7.26. The molecule has 0 saturated heterocycles. The number of nitrogens with zero attached hydrogens (tertiary/aromatic N) is 4. The monoisotopic (exact) mass is 675 g/mol. The molecule has 0 spiro atoms. The van der Waals surface area contributed by atoms with Gasteiger partial charge in [0.1, 0.15) is 5.82 Å². The summed E-state index contributed by atoms with van der Waals surface area (Å²) in [7, 11) is 4.20. The van der Waals surface area contributed by atoms with Gasteiger partial charge in [-0.25, -0.2) is 9.97 Å². The smallest absolute Gasteiger partial charge is 0.142 e. The zero-order valence-corrected chi connectivity index (χ0v) is 23.8. The standard InChI is InChI=1S/C33H28N4.Pt/c1-23-13-4-5-14-24(23)27-18-12-19-28(34-27)25-15-6-9-20-30(25)36(2)31-21-10-7-16-26(31)33-35-29-17-8-11-22-32(29)37(33)3;/h4-22H,1-3H3;. The van der Waals surface area contributed by atoms with Gasteiger partial charge in [-0.3, -0.25) is 0 Å². The summed E-state index contributed by atoms with van der Waals surface area (Å²) in [5.41, 5.74) is 10.8. The predicted octanol–water partition coefficient (Wildman–Crippen LogP) is 8.04. The second kappa shape index (κ2) is 10.8. The van der Waals surface area contributed by atoms with Crippen LogP contribution in [0.25, 0.3) is 44.9 Å². The first-order chi connectivity index (χ1) is 18.1. The van der Waals surface area contributed by atoms with Crippen molar-refractivity contribution in [1.82, 2.24) is 14.5 Å². The number of hydrogen-bond donors (Lipinski definition) is 0. The molecule has 2 heterocycles. The molecule has 0 aliphatic carbocycles. The van der Waals surface area contributed by atoms with E-state index in [-0.39, 0.29) is 21.1 Å². The maximum absolute atomic E-state index is 5.09. The quantitative estimate of drug-likeness (QED) is 0.186. The molecule has 0 amide bonds. The fourth-order valence-corrected chi connectivity index (χ4v) is 5.05. The van der Waals surface area contributed by atoms with Gasteiger partial charge < -0.3 is 9.47 Å². The Labute approximate surface area is 237 Å². The van der Waals surface area contributed by atoms with Crippen LogP contribution in [0.5, 0.6) is 0 Å². The molecule has 4 aromatic carbocycles. The maximum Gasteiger partial charge on any atom is 0.142 e. The second-order valence-electron chi connectivity index (χ2n) is 9.30. The van der Waals surface area contributed by atoms with Gasteiger partial charge >= 0.3 is 0 Å². The number of pyridine rings is 1. The summed E-state index contributed by atoms with van der Waals surface area (Å²) in [5, 5.41) is 0. The van der Waals surface area contributed by atoms with Gasteiger partial charge in [0.2, 0.25) is 0 Å². The minimum absolute atomic E-state index is 0. The van der Waals surface area contributed by atoms with Crippen LogP contribution in [0.15, 0.2) is 115 Å². The second-order valence-corrected chi connectivity index (χ2v) is 9.30. The van der Waals surface area contributed by atoms with E-state index in [4.69, 9.17) is 9.97 Å². The van der Waals surface area contributed by atoms with Crippen LogP contribution in [-0.2, 0) is 28.1 Å². The van der Waals surface area contributed by atoms with Gasteiger partial charge in [0.15, 0.2) is 0 Å². The molecule has 0 N–H and O–H groups in total. The van der Waals surface area contributed by atoms with E-state index in [2.05, 4.69) is 140 Å². The van der Waals surface area contributed by atoms with Crippen molar-refractivity contribution in [3.8, 4) is 33.9 Å². The third-order valence-corrected chi connectivity index (χ3v) is 7.00. The Morgan fingerprint density at radius 2 is 1.13 bits per heavy atom. The molecule has 190 valence electrons. The molecule has 0 bridgehead atoms. The Balaban J connectivity index is 0.00000294. The van der Waals surface area contributed by atoms with Crippen molar-refractivity contribution in [2.75, 3.05) is 11.9 Å². The van der Waals surface area contributed by atoms with Crippen molar-refractivity contribution < 1.29 is 21.1 Å². The molecule has 0 radical (unpaired) electrons.